The molecule has 2 rings (SSSR count). The van der Waals surface area contributed by atoms with Gasteiger partial charge in [0.1, 0.15) is 0 Å². The van der Waals surface area contributed by atoms with E-state index in [9.17, 15) is 19.2 Å². The molecule has 0 aromatic heterocycles. The fourth-order valence-electron chi connectivity index (χ4n) is 7.32. The molecule has 2 heterocycles. The molecule has 0 aliphatic carbocycles. The second kappa shape index (κ2) is 25.5. The van der Waals surface area contributed by atoms with Crippen molar-refractivity contribution in [1.82, 2.24) is 10.6 Å². The van der Waals surface area contributed by atoms with Crippen LogP contribution < -0.4 is 10.6 Å². The lowest BCUT2D eigenvalue weighted by Crippen LogP contribution is -2.44. The first-order valence-electron chi connectivity index (χ1n) is 19.2. The van der Waals surface area contributed by atoms with E-state index in [4.69, 9.17) is 0 Å². The highest BCUT2D eigenvalue weighted by atomic mass is 16.2. The maximum Gasteiger partial charge on any atom is 0.229 e. The zero-order chi connectivity index (χ0) is 31.7. The smallest absolute Gasteiger partial charge is 0.229 e. The van der Waals surface area contributed by atoms with E-state index in [0.717, 1.165) is 64.2 Å². The van der Waals surface area contributed by atoms with Crippen molar-refractivity contribution in [2.45, 2.75) is 200 Å². The SMILES string of the molecule is CC(C1CCCCCCCCCCCCCCCC(=O)NC1=O)C1CCCCCCCCCCCCCCCC(=O)NC1=O. The molecule has 2 fully saturated rings. The van der Waals surface area contributed by atoms with Gasteiger partial charge in [0, 0.05) is 24.7 Å². The number of rotatable bonds is 2. The number of hydrogen-bond donors (Lipinski definition) is 2. The zero-order valence-corrected chi connectivity index (χ0v) is 28.6. The summed E-state index contributed by atoms with van der Waals surface area (Å²) in [6, 6.07) is 0. The first kappa shape index (κ1) is 38.5. The van der Waals surface area contributed by atoms with Crippen LogP contribution in [0.3, 0.4) is 0 Å². The Morgan fingerprint density at radius 1 is 0.386 bits per heavy atom. The Labute approximate surface area is 270 Å². The van der Waals surface area contributed by atoms with Crippen LogP contribution in [0.2, 0.25) is 0 Å². The van der Waals surface area contributed by atoms with Crippen LogP contribution >= 0.6 is 0 Å². The number of hydrogen-bond acceptors (Lipinski definition) is 4. The fraction of sp³-hybridized carbons (Fsp3) is 0.895. The van der Waals surface area contributed by atoms with Crippen molar-refractivity contribution in [2.24, 2.45) is 17.8 Å². The van der Waals surface area contributed by atoms with E-state index in [-0.39, 0.29) is 29.5 Å². The van der Waals surface area contributed by atoms with Gasteiger partial charge in [-0.2, -0.15) is 0 Å². The Morgan fingerprint density at radius 2 is 0.614 bits per heavy atom. The molecule has 2 unspecified atom stereocenters. The van der Waals surface area contributed by atoms with E-state index >= 15 is 0 Å². The van der Waals surface area contributed by atoms with Crippen molar-refractivity contribution >= 4 is 23.6 Å². The van der Waals surface area contributed by atoms with Crippen LogP contribution in [-0.4, -0.2) is 23.6 Å². The summed E-state index contributed by atoms with van der Waals surface area (Å²) in [6.45, 7) is 2.01. The largest absolute Gasteiger partial charge is 0.296 e. The van der Waals surface area contributed by atoms with Gasteiger partial charge in [-0.3, -0.25) is 29.8 Å². The summed E-state index contributed by atoms with van der Waals surface area (Å²) in [4.78, 5) is 52.7. The van der Waals surface area contributed by atoms with Crippen molar-refractivity contribution in [2.75, 3.05) is 0 Å². The summed E-state index contributed by atoms with van der Waals surface area (Å²) in [5, 5.41) is 5.45. The molecule has 44 heavy (non-hydrogen) atoms. The van der Waals surface area contributed by atoms with Crippen molar-refractivity contribution in [3.63, 3.8) is 0 Å². The van der Waals surface area contributed by atoms with Gasteiger partial charge in [0.05, 0.1) is 0 Å². The molecule has 2 atom stereocenters. The second-order valence-electron chi connectivity index (χ2n) is 14.2. The third-order valence-corrected chi connectivity index (χ3v) is 10.3. The third-order valence-electron chi connectivity index (χ3n) is 10.3. The van der Waals surface area contributed by atoms with E-state index in [0.29, 0.717) is 25.7 Å². The highest BCUT2D eigenvalue weighted by Gasteiger charge is 2.35. The molecular formula is C38H68N2O4. The van der Waals surface area contributed by atoms with E-state index in [2.05, 4.69) is 10.6 Å². The van der Waals surface area contributed by atoms with E-state index < -0.39 is 11.8 Å². The van der Waals surface area contributed by atoms with Crippen molar-refractivity contribution in [1.29, 1.82) is 0 Å². The molecule has 4 amide bonds. The highest BCUT2D eigenvalue weighted by molar-refractivity contribution is 5.98. The quantitative estimate of drug-likeness (QED) is 0.302. The zero-order valence-electron chi connectivity index (χ0n) is 28.6. The molecule has 254 valence electrons. The van der Waals surface area contributed by atoms with Gasteiger partial charge >= 0.3 is 0 Å². The molecule has 2 N–H and O–H groups in total. The van der Waals surface area contributed by atoms with Crippen LogP contribution in [0.25, 0.3) is 0 Å². The molecule has 0 aromatic carbocycles. The van der Waals surface area contributed by atoms with Gasteiger partial charge in [0.15, 0.2) is 0 Å². The predicted molar refractivity (Wildman–Crippen MR) is 181 cm³/mol. The monoisotopic (exact) mass is 617 g/mol. The number of nitrogens with one attached hydrogen (secondary N) is 2. The predicted octanol–water partition coefficient (Wildman–Crippen LogP) is 9.87. The molecule has 0 saturated carbocycles. The molecule has 0 aromatic rings. The number of carbonyl (C=O) groups excluding carboxylic acids is 4. The van der Waals surface area contributed by atoms with Crippen molar-refractivity contribution < 1.29 is 19.2 Å². The van der Waals surface area contributed by atoms with Gasteiger partial charge < -0.3 is 0 Å². The topological polar surface area (TPSA) is 92.3 Å². The van der Waals surface area contributed by atoms with E-state index in [1.807, 2.05) is 6.92 Å². The minimum absolute atomic E-state index is 0.190. The molecule has 6 heteroatoms. The first-order valence-corrected chi connectivity index (χ1v) is 19.2. The Kier molecular flexibility index (Phi) is 22.3. The molecule has 0 radical (unpaired) electrons. The Bertz CT molecular complexity index is 734. The minimum Gasteiger partial charge on any atom is -0.296 e. The van der Waals surface area contributed by atoms with Gasteiger partial charge in [-0.1, -0.05) is 161 Å². The summed E-state index contributed by atoms with van der Waals surface area (Å²) >= 11 is 0. The lowest BCUT2D eigenvalue weighted by molar-refractivity contribution is -0.136. The van der Waals surface area contributed by atoms with Crippen molar-refractivity contribution in [3.8, 4) is 0 Å². The average Bonchev–Trinajstić information content (AvgIpc) is 2.99. The minimum atomic E-state index is -0.409. The number of carbonyl (C=O) groups is 4. The summed E-state index contributed by atoms with van der Waals surface area (Å²) in [5.74, 6) is -1.89. The van der Waals surface area contributed by atoms with E-state index in [1.54, 1.807) is 0 Å². The second-order valence-corrected chi connectivity index (χ2v) is 14.2. The molecule has 2 aliphatic heterocycles. The molecule has 6 nitrogen and oxygen atoms in total. The standard InChI is InChI=1S/C38H68N2O4/c1-32(33-28-24-20-16-12-8-4-2-6-10-14-18-22-26-30-35(41)39-37(33)43)34-29-25-21-17-13-9-5-3-7-11-15-19-23-27-31-36(42)40-38(34)44/h32-34H,2-31H2,1H3,(H,39,41,43)(H,40,42,44). The van der Waals surface area contributed by atoms with Crippen LogP contribution in [0.1, 0.15) is 200 Å². The maximum absolute atomic E-state index is 13.6. The molecule has 2 saturated heterocycles. The summed E-state index contributed by atoms with van der Waals surface area (Å²) in [7, 11) is 0. The van der Waals surface area contributed by atoms with Crippen LogP contribution in [-0.2, 0) is 19.2 Å². The maximum atomic E-state index is 13.6. The lowest BCUT2D eigenvalue weighted by Gasteiger charge is -2.30. The molecule has 2 aliphatic rings. The van der Waals surface area contributed by atoms with Crippen LogP contribution in [0.4, 0.5) is 0 Å². The Morgan fingerprint density at radius 3 is 0.886 bits per heavy atom. The number of imide groups is 2. The van der Waals surface area contributed by atoms with Crippen molar-refractivity contribution in [3.05, 3.63) is 0 Å². The molecule has 0 bridgehead atoms. The van der Waals surface area contributed by atoms with E-state index in [1.165, 1.54) is 103 Å². The summed E-state index contributed by atoms with van der Waals surface area (Å²) < 4.78 is 0. The summed E-state index contributed by atoms with van der Waals surface area (Å²) in [6.07, 6.45) is 32.4. The van der Waals surface area contributed by atoms with Gasteiger partial charge in [-0.25, -0.2) is 0 Å². The normalized spacial score (nSPS) is 26.8. The van der Waals surface area contributed by atoms with Gasteiger partial charge in [0.25, 0.3) is 0 Å². The van der Waals surface area contributed by atoms with Crippen LogP contribution in [0, 0.1) is 17.8 Å². The van der Waals surface area contributed by atoms with Gasteiger partial charge in [0.2, 0.25) is 23.6 Å². The number of amides is 4. The molecule has 0 spiro atoms. The first-order chi connectivity index (χ1) is 21.5. The lowest BCUT2D eigenvalue weighted by atomic mass is 9.76. The fourth-order valence-corrected chi connectivity index (χ4v) is 7.32. The average molecular weight is 617 g/mol. The Hall–Kier alpha value is -1.72. The van der Waals surface area contributed by atoms with Crippen LogP contribution in [0.15, 0.2) is 0 Å². The highest BCUT2D eigenvalue weighted by Crippen LogP contribution is 2.31. The van der Waals surface area contributed by atoms with Crippen LogP contribution in [0.5, 0.6) is 0 Å². The van der Waals surface area contributed by atoms with Gasteiger partial charge in [-0.15, -0.1) is 0 Å². The third kappa shape index (κ3) is 18.3. The Balaban J connectivity index is 2.09. The summed E-state index contributed by atoms with van der Waals surface area (Å²) in [5.41, 5.74) is 0. The van der Waals surface area contributed by atoms with Gasteiger partial charge in [-0.05, 0) is 31.6 Å². The molecular weight excluding hydrogens is 548 g/mol.